The molecule has 0 radical (unpaired) electrons. The smallest absolute Gasteiger partial charge is 0.407 e. The van der Waals surface area contributed by atoms with Gasteiger partial charge in [-0.15, -0.1) is 0 Å². The third-order valence-electron chi connectivity index (χ3n) is 5.17. The van der Waals surface area contributed by atoms with E-state index in [1.807, 2.05) is 62.9 Å². The minimum absolute atomic E-state index is 0.0154. The lowest BCUT2D eigenvalue weighted by Crippen LogP contribution is -2.48. The van der Waals surface area contributed by atoms with Crippen molar-refractivity contribution in [2.45, 2.75) is 71.1 Å². The van der Waals surface area contributed by atoms with Crippen LogP contribution in [0, 0.1) is 0 Å². The second-order valence-corrected chi connectivity index (χ2v) is 8.53. The number of amides is 2. The number of nitrogens with zero attached hydrogens (tertiary/aromatic N) is 1. The fourth-order valence-corrected chi connectivity index (χ4v) is 3.96. The van der Waals surface area contributed by atoms with Gasteiger partial charge in [0.05, 0.1) is 0 Å². The first kappa shape index (κ1) is 20.2. The van der Waals surface area contributed by atoms with Gasteiger partial charge >= 0.3 is 6.09 Å². The van der Waals surface area contributed by atoms with Crippen LogP contribution in [0.4, 0.5) is 4.79 Å². The van der Waals surface area contributed by atoms with Crippen LogP contribution < -0.4 is 5.32 Å². The summed E-state index contributed by atoms with van der Waals surface area (Å²) in [6, 6.07) is 9.95. The molecule has 0 spiro atoms. The van der Waals surface area contributed by atoms with Crippen molar-refractivity contribution >= 4 is 22.9 Å². The van der Waals surface area contributed by atoms with Gasteiger partial charge in [0, 0.05) is 29.5 Å². The van der Waals surface area contributed by atoms with Crippen LogP contribution in [0.3, 0.4) is 0 Å². The first-order valence-electron chi connectivity index (χ1n) is 10.1. The van der Waals surface area contributed by atoms with E-state index in [1.165, 1.54) is 0 Å². The number of aromatic nitrogens is 1. The highest BCUT2D eigenvalue weighted by Gasteiger charge is 2.31. The monoisotopic (exact) mass is 385 g/mol. The van der Waals surface area contributed by atoms with E-state index < -0.39 is 5.60 Å². The number of alkyl carbamates (subject to hydrolysis) is 1. The lowest BCUT2D eigenvalue weighted by atomic mass is 9.89. The van der Waals surface area contributed by atoms with Crippen molar-refractivity contribution in [3.63, 3.8) is 0 Å². The maximum Gasteiger partial charge on any atom is 0.407 e. The molecule has 2 aromatic rings. The van der Waals surface area contributed by atoms with Crippen molar-refractivity contribution in [3.05, 3.63) is 36.0 Å². The molecule has 2 N–H and O–H groups in total. The van der Waals surface area contributed by atoms with Gasteiger partial charge in [0.1, 0.15) is 11.3 Å². The normalized spacial score (nSPS) is 20.0. The van der Waals surface area contributed by atoms with E-state index in [0.717, 1.165) is 36.6 Å². The summed E-state index contributed by atoms with van der Waals surface area (Å²) in [4.78, 5) is 30.4. The topological polar surface area (TPSA) is 74.4 Å². The van der Waals surface area contributed by atoms with Gasteiger partial charge in [-0.3, -0.25) is 4.79 Å². The summed E-state index contributed by atoms with van der Waals surface area (Å²) in [5.41, 5.74) is 1.07. The molecule has 1 saturated carbocycles. The van der Waals surface area contributed by atoms with Crippen LogP contribution in [0.2, 0.25) is 0 Å². The summed E-state index contributed by atoms with van der Waals surface area (Å²) in [5, 5.41) is 4.01. The molecule has 2 amide bonds. The first-order valence-corrected chi connectivity index (χ1v) is 10.1. The Hall–Kier alpha value is -2.50. The third-order valence-corrected chi connectivity index (χ3v) is 5.17. The number of H-pyrrole nitrogens is 1. The zero-order valence-corrected chi connectivity index (χ0v) is 17.2. The van der Waals surface area contributed by atoms with Gasteiger partial charge in [-0.1, -0.05) is 18.2 Å². The Balaban J connectivity index is 1.67. The number of carbonyl (C=O) groups is 2. The Kier molecular flexibility index (Phi) is 5.96. The van der Waals surface area contributed by atoms with E-state index in [1.54, 1.807) is 0 Å². The number of nitrogens with one attached hydrogen (secondary N) is 2. The lowest BCUT2D eigenvalue weighted by molar-refractivity contribution is 0.0460. The maximum atomic E-state index is 13.1. The number of carbonyl (C=O) groups excluding carboxylic acids is 2. The van der Waals surface area contributed by atoms with Crippen LogP contribution in [0.1, 0.15) is 63.9 Å². The van der Waals surface area contributed by atoms with Crippen molar-refractivity contribution < 1.29 is 14.3 Å². The number of aromatic amines is 1. The number of fused-ring (bicyclic) bond motifs is 1. The number of ether oxygens (including phenoxy) is 1. The molecule has 28 heavy (non-hydrogen) atoms. The van der Waals surface area contributed by atoms with Crippen LogP contribution in [-0.4, -0.2) is 46.1 Å². The molecule has 2 atom stereocenters. The zero-order chi connectivity index (χ0) is 20.3. The highest BCUT2D eigenvalue weighted by molar-refractivity contribution is 5.98. The highest BCUT2D eigenvalue weighted by Crippen LogP contribution is 2.26. The largest absolute Gasteiger partial charge is 0.444 e. The van der Waals surface area contributed by atoms with Gasteiger partial charge in [0.25, 0.3) is 5.91 Å². The van der Waals surface area contributed by atoms with Crippen LogP contribution in [-0.2, 0) is 4.74 Å². The van der Waals surface area contributed by atoms with Crippen molar-refractivity contribution in [1.82, 2.24) is 15.2 Å². The van der Waals surface area contributed by atoms with Gasteiger partial charge in [0.15, 0.2) is 0 Å². The summed E-state index contributed by atoms with van der Waals surface area (Å²) < 4.78 is 5.38. The molecule has 3 rings (SSSR count). The molecule has 1 aromatic heterocycles. The fourth-order valence-electron chi connectivity index (χ4n) is 3.96. The standard InChI is InChI=1S/C22H31N3O3/c1-5-25(20(26)19-13-15-9-6-7-12-18(15)24-19)17-11-8-10-16(14-17)23-21(27)28-22(2,3)4/h6-7,9,12-13,16-17,24H,5,8,10-11,14H2,1-4H3,(H,23,27). The number of hydrogen-bond acceptors (Lipinski definition) is 3. The molecule has 6 heteroatoms. The van der Waals surface area contributed by atoms with Gasteiger partial charge in [0.2, 0.25) is 0 Å². The minimum Gasteiger partial charge on any atom is -0.444 e. The Labute approximate surface area is 166 Å². The van der Waals surface area contributed by atoms with Gasteiger partial charge < -0.3 is 19.9 Å². The average molecular weight is 386 g/mol. The van der Waals surface area contributed by atoms with Crippen LogP contribution in [0.25, 0.3) is 10.9 Å². The van der Waals surface area contributed by atoms with Crippen LogP contribution in [0.15, 0.2) is 30.3 Å². The molecule has 1 aromatic carbocycles. The van der Waals surface area contributed by atoms with Gasteiger partial charge in [-0.05, 0) is 65.5 Å². The first-order chi connectivity index (χ1) is 13.3. The predicted molar refractivity (Wildman–Crippen MR) is 110 cm³/mol. The zero-order valence-electron chi connectivity index (χ0n) is 17.2. The molecule has 0 aliphatic heterocycles. The summed E-state index contributed by atoms with van der Waals surface area (Å²) >= 11 is 0. The van der Waals surface area contributed by atoms with Crippen molar-refractivity contribution in [3.8, 4) is 0 Å². The van der Waals surface area contributed by atoms with Crippen molar-refractivity contribution in [2.75, 3.05) is 6.54 Å². The Morgan fingerprint density at radius 2 is 2.00 bits per heavy atom. The molecule has 2 unspecified atom stereocenters. The number of hydrogen-bond donors (Lipinski definition) is 2. The Morgan fingerprint density at radius 3 is 2.68 bits per heavy atom. The summed E-state index contributed by atoms with van der Waals surface area (Å²) in [5.74, 6) is 0.0154. The maximum absolute atomic E-state index is 13.1. The lowest BCUT2D eigenvalue weighted by Gasteiger charge is -2.37. The second kappa shape index (κ2) is 8.25. The van der Waals surface area contributed by atoms with Crippen LogP contribution >= 0.6 is 0 Å². The van der Waals surface area contributed by atoms with Gasteiger partial charge in [-0.2, -0.15) is 0 Å². The average Bonchev–Trinajstić information content (AvgIpc) is 3.05. The predicted octanol–water partition coefficient (Wildman–Crippen LogP) is 4.47. The molecule has 1 aliphatic rings. The van der Waals surface area contributed by atoms with E-state index in [2.05, 4.69) is 10.3 Å². The quantitative estimate of drug-likeness (QED) is 0.816. The third kappa shape index (κ3) is 4.86. The number of rotatable bonds is 4. The van der Waals surface area contributed by atoms with E-state index in [0.29, 0.717) is 12.2 Å². The van der Waals surface area contributed by atoms with E-state index >= 15 is 0 Å². The van der Waals surface area contributed by atoms with Crippen molar-refractivity contribution in [1.29, 1.82) is 0 Å². The summed E-state index contributed by atoms with van der Waals surface area (Å²) in [6.07, 6.45) is 3.20. The van der Waals surface area contributed by atoms with Crippen molar-refractivity contribution in [2.24, 2.45) is 0 Å². The molecule has 152 valence electrons. The van der Waals surface area contributed by atoms with E-state index in [9.17, 15) is 9.59 Å². The molecular weight excluding hydrogens is 354 g/mol. The van der Waals surface area contributed by atoms with E-state index in [-0.39, 0.29) is 24.1 Å². The Bertz CT molecular complexity index is 804. The Morgan fingerprint density at radius 1 is 1.25 bits per heavy atom. The van der Waals surface area contributed by atoms with Gasteiger partial charge in [-0.25, -0.2) is 4.79 Å². The molecule has 0 saturated heterocycles. The minimum atomic E-state index is -0.515. The molecule has 1 aliphatic carbocycles. The SMILES string of the molecule is CCN(C(=O)c1cc2ccccc2[nH]1)C1CCCC(NC(=O)OC(C)(C)C)C1. The number of benzene rings is 1. The highest BCUT2D eigenvalue weighted by atomic mass is 16.6. The van der Waals surface area contributed by atoms with E-state index in [4.69, 9.17) is 4.74 Å². The summed E-state index contributed by atoms with van der Waals surface area (Å²) in [6.45, 7) is 8.21. The number of para-hydroxylation sites is 1. The fraction of sp³-hybridized carbons (Fsp3) is 0.545. The van der Waals surface area contributed by atoms with Crippen LogP contribution in [0.5, 0.6) is 0 Å². The molecule has 1 fully saturated rings. The molecule has 0 bridgehead atoms. The molecule has 6 nitrogen and oxygen atoms in total. The molecule has 1 heterocycles. The summed E-state index contributed by atoms with van der Waals surface area (Å²) in [7, 11) is 0. The second-order valence-electron chi connectivity index (χ2n) is 8.53. The molecular formula is C22H31N3O3.